The largest absolute Gasteiger partial charge is 0.358 e. The molecule has 5 heteroatoms. The van der Waals surface area contributed by atoms with Crippen LogP contribution in [0.15, 0.2) is 88.1 Å². The Hall–Kier alpha value is -3.60. The Bertz CT molecular complexity index is 1680. The SMILES string of the molecule is C=C(/C=C(N=CCC)\C(C)=C(/C)NC1=CN(C)C(=C2CCC2)C=C1)c1ccc2c(c1)N(C1CC(CCC)C1)C(=O)C2(C)C.CC(C)C.CCCCC(C)(C)CC. The van der Waals surface area contributed by atoms with Gasteiger partial charge in [-0.1, -0.05) is 113 Å². The molecule has 0 spiro atoms. The highest BCUT2D eigenvalue weighted by atomic mass is 16.2. The van der Waals surface area contributed by atoms with Gasteiger partial charge in [-0.15, -0.1) is 0 Å². The molecule has 5 nitrogen and oxygen atoms in total. The van der Waals surface area contributed by atoms with Crippen molar-refractivity contribution in [3.63, 3.8) is 0 Å². The third kappa shape index (κ3) is 12.4. The number of hydrogen-bond acceptors (Lipinski definition) is 4. The van der Waals surface area contributed by atoms with Crippen LogP contribution in [0.1, 0.15) is 178 Å². The van der Waals surface area contributed by atoms with Crippen molar-refractivity contribution in [3.8, 4) is 0 Å². The van der Waals surface area contributed by atoms with Crippen molar-refractivity contribution < 1.29 is 4.79 Å². The molecular weight excluding hydrogens is 685 g/mol. The number of carbonyl (C=O) groups is 1. The van der Waals surface area contributed by atoms with Crippen LogP contribution in [-0.2, 0) is 10.2 Å². The van der Waals surface area contributed by atoms with Gasteiger partial charge in [0.25, 0.3) is 0 Å². The molecule has 0 aromatic heterocycles. The maximum Gasteiger partial charge on any atom is 0.237 e. The lowest BCUT2D eigenvalue weighted by Crippen LogP contribution is -2.49. The van der Waals surface area contributed by atoms with E-state index in [0.29, 0.717) is 11.5 Å². The number of hydrogen-bond donors (Lipinski definition) is 1. The predicted octanol–water partition coefficient (Wildman–Crippen LogP) is 14.2. The fourth-order valence-electron chi connectivity index (χ4n) is 7.58. The Labute approximate surface area is 344 Å². The van der Waals surface area contributed by atoms with Crippen molar-refractivity contribution in [2.24, 2.45) is 22.2 Å². The fourth-order valence-corrected chi connectivity index (χ4v) is 7.58. The lowest BCUT2D eigenvalue weighted by Gasteiger charge is -2.42. The molecule has 2 saturated carbocycles. The van der Waals surface area contributed by atoms with E-state index in [9.17, 15) is 4.79 Å². The molecule has 2 fully saturated rings. The molecule has 0 bridgehead atoms. The topological polar surface area (TPSA) is 47.9 Å². The van der Waals surface area contributed by atoms with Gasteiger partial charge in [0, 0.05) is 42.6 Å². The van der Waals surface area contributed by atoms with Crippen LogP contribution in [0, 0.1) is 17.3 Å². The number of amides is 1. The number of nitrogens with zero attached hydrogens (tertiary/aromatic N) is 3. The van der Waals surface area contributed by atoms with Crippen LogP contribution in [0.5, 0.6) is 0 Å². The molecule has 1 N–H and O–H groups in total. The first-order valence-electron chi connectivity index (χ1n) is 22.1. The van der Waals surface area contributed by atoms with Gasteiger partial charge in [0.05, 0.1) is 16.8 Å². The molecule has 4 aliphatic rings. The van der Waals surface area contributed by atoms with Crippen LogP contribution in [0.25, 0.3) is 5.57 Å². The summed E-state index contributed by atoms with van der Waals surface area (Å²) < 4.78 is 0. The highest BCUT2D eigenvalue weighted by Crippen LogP contribution is 2.48. The highest BCUT2D eigenvalue weighted by Gasteiger charge is 2.49. The average molecular weight is 765 g/mol. The van der Waals surface area contributed by atoms with E-state index >= 15 is 0 Å². The third-order valence-electron chi connectivity index (χ3n) is 11.9. The molecule has 0 atom stereocenters. The van der Waals surface area contributed by atoms with Gasteiger partial charge in [-0.3, -0.25) is 9.79 Å². The summed E-state index contributed by atoms with van der Waals surface area (Å²) in [5.41, 5.74) is 11.1. The molecule has 0 radical (unpaired) electrons. The van der Waals surface area contributed by atoms with E-state index in [1.54, 1.807) is 5.57 Å². The minimum atomic E-state index is -0.509. The molecule has 1 aromatic rings. The van der Waals surface area contributed by atoms with E-state index in [4.69, 9.17) is 4.99 Å². The number of likely N-dealkylation sites (N-methyl/N-ethyl adjacent to an activating group) is 1. The third-order valence-corrected chi connectivity index (χ3v) is 11.9. The fraction of sp³-hybridized carbons (Fsp3) is 0.608. The molecule has 0 unspecified atom stereocenters. The normalized spacial score (nSPS) is 20.7. The molecule has 1 amide bonds. The molecule has 0 saturated heterocycles. The first-order valence-corrected chi connectivity index (χ1v) is 22.1. The zero-order valence-electron chi connectivity index (χ0n) is 38.3. The number of allylic oxidation sites excluding steroid dienone is 7. The second-order valence-electron chi connectivity index (χ2n) is 18.7. The Morgan fingerprint density at radius 2 is 1.71 bits per heavy atom. The van der Waals surface area contributed by atoms with E-state index in [-0.39, 0.29) is 5.91 Å². The average Bonchev–Trinajstić information content (AvgIpc) is 3.30. The lowest BCUT2D eigenvalue weighted by molar-refractivity contribution is -0.123. The lowest BCUT2D eigenvalue weighted by atomic mass is 9.76. The van der Waals surface area contributed by atoms with Crippen molar-refractivity contribution in [2.75, 3.05) is 11.9 Å². The van der Waals surface area contributed by atoms with Crippen LogP contribution in [0.3, 0.4) is 0 Å². The maximum atomic E-state index is 13.6. The summed E-state index contributed by atoms with van der Waals surface area (Å²) in [5, 5.41) is 3.61. The summed E-state index contributed by atoms with van der Waals surface area (Å²) in [5.74, 6) is 1.80. The zero-order chi connectivity index (χ0) is 41.8. The Morgan fingerprint density at radius 3 is 2.25 bits per heavy atom. The number of benzene rings is 1. The molecular formula is C51H80N4O. The van der Waals surface area contributed by atoms with Gasteiger partial charge in [-0.2, -0.15) is 0 Å². The number of anilines is 1. The standard InChI is InChI=1S/C38H50N4O.C9H20.C4H10/c1-9-12-28-21-32(22-28)42-36-23-30(15-17-33(36)38(6,7)37(42)43)25(3)20-34(39-19-10-2)26(4)27(5)40-31-16-18-35(41(8)24-31)29-13-11-14-29;1-5-7-8-9(3,4)6-2;1-4(2)3/h15-20,23-24,28,32,40H,3,9-14,21-22H2,1-2,4-8H3;5-8H2,1-4H3;4H,1-3H3/b27-26+,34-20+,39-19?;;. The van der Waals surface area contributed by atoms with E-state index in [1.807, 2.05) is 6.21 Å². The monoisotopic (exact) mass is 765 g/mol. The summed E-state index contributed by atoms with van der Waals surface area (Å²) >= 11 is 0. The van der Waals surface area contributed by atoms with Gasteiger partial charge < -0.3 is 15.1 Å². The molecule has 1 aromatic carbocycles. The van der Waals surface area contributed by atoms with Crippen LogP contribution < -0.4 is 10.2 Å². The zero-order valence-corrected chi connectivity index (χ0v) is 38.3. The Morgan fingerprint density at radius 1 is 1.05 bits per heavy atom. The maximum absolute atomic E-state index is 13.6. The number of aliphatic imine (C=N–C) groups is 1. The molecule has 56 heavy (non-hydrogen) atoms. The van der Waals surface area contributed by atoms with E-state index in [2.05, 4.69) is 161 Å². The summed E-state index contributed by atoms with van der Waals surface area (Å²) in [6.45, 7) is 32.9. The number of carbonyl (C=O) groups excluding carboxylic acids is 1. The van der Waals surface area contributed by atoms with Crippen molar-refractivity contribution >= 4 is 23.4 Å². The summed E-state index contributed by atoms with van der Waals surface area (Å²) in [7, 11) is 2.12. The van der Waals surface area contributed by atoms with Gasteiger partial charge in [-0.05, 0) is 142 Å². The smallest absolute Gasteiger partial charge is 0.237 e. The number of unbranched alkanes of at least 4 members (excludes halogenated alkanes) is 1. The molecule has 2 aliphatic heterocycles. The van der Waals surface area contributed by atoms with Crippen molar-refractivity contribution in [1.82, 2.24) is 10.2 Å². The van der Waals surface area contributed by atoms with Gasteiger partial charge >= 0.3 is 0 Å². The van der Waals surface area contributed by atoms with Crippen LogP contribution in [-0.4, -0.2) is 30.1 Å². The molecule has 2 aliphatic carbocycles. The second kappa shape index (κ2) is 21.2. The number of fused-ring (bicyclic) bond motifs is 1. The van der Waals surface area contributed by atoms with Gasteiger partial charge in [0.1, 0.15) is 0 Å². The summed E-state index contributed by atoms with van der Waals surface area (Å²) in [6.07, 6.45) is 25.3. The minimum absolute atomic E-state index is 0.224. The van der Waals surface area contributed by atoms with Crippen LogP contribution in [0.2, 0.25) is 0 Å². The Kier molecular flexibility index (Phi) is 17.7. The molecule has 310 valence electrons. The molecule has 2 heterocycles. The van der Waals surface area contributed by atoms with E-state index < -0.39 is 5.41 Å². The molecule has 5 rings (SSSR count). The predicted molar refractivity (Wildman–Crippen MR) is 246 cm³/mol. The minimum Gasteiger partial charge on any atom is -0.358 e. The van der Waals surface area contributed by atoms with E-state index in [1.165, 1.54) is 63.5 Å². The summed E-state index contributed by atoms with van der Waals surface area (Å²) in [6, 6.07) is 6.74. The number of rotatable bonds is 14. The second-order valence-corrected chi connectivity index (χ2v) is 18.7. The van der Waals surface area contributed by atoms with Crippen LogP contribution in [0.4, 0.5) is 5.69 Å². The van der Waals surface area contributed by atoms with Crippen LogP contribution >= 0.6 is 0 Å². The number of nitrogens with one attached hydrogen (secondary N) is 1. The quantitative estimate of drug-likeness (QED) is 0.152. The first-order chi connectivity index (χ1) is 26.4. The van der Waals surface area contributed by atoms with Crippen molar-refractivity contribution in [2.45, 2.75) is 179 Å². The van der Waals surface area contributed by atoms with Gasteiger partial charge in [0.15, 0.2) is 0 Å². The Balaban J connectivity index is 0.000000557. The van der Waals surface area contributed by atoms with Gasteiger partial charge in [0.2, 0.25) is 5.91 Å². The summed E-state index contributed by atoms with van der Waals surface area (Å²) in [4.78, 5) is 22.8. The van der Waals surface area contributed by atoms with E-state index in [0.717, 1.165) is 76.1 Å². The van der Waals surface area contributed by atoms with Gasteiger partial charge in [-0.25, -0.2) is 0 Å². The highest BCUT2D eigenvalue weighted by molar-refractivity contribution is 6.08. The first kappa shape index (κ1) is 46.8. The van der Waals surface area contributed by atoms with Crippen molar-refractivity contribution in [1.29, 1.82) is 0 Å². The van der Waals surface area contributed by atoms with Crippen molar-refractivity contribution in [3.05, 3.63) is 94.3 Å².